The Balaban J connectivity index is 1.80. The molecule has 1 heterocycles. The van der Waals surface area contributed by atoms with Crippen LogP contribution in [-0.2, 0) is 6.54 Å². The smallest absolute Gasteiger partial charge is 0.336 e. The van der Waals surface area contributed by atoms with Crippen molar-refractivity contribution in [2.45, 2.75) is 44.4 Å². The molecule has 0 aromatic carbocycles. The second kappa shape index (κ2) is 6.82. The summed E-state index contributed by atoms with van der Waals surface area (Å²) in [5.74, 6) is -0.512. The molecule has 0 unspecified atom stereocenters. The molecule has 2 amide bonds. The van der Waals surface area contributed by atoms with E-state index < -0.39 is 24.2 Å². The van der Waals surface area contributed by atoms with Crippen LogP contribution in [0.4, 0.5) is 18.0 Å². The number of urea groups is 1. The van der Waals surface area contributed by atoms with Crippen LogP contribution < -0.4 is 10.6 Å². The van der Waals surface area contributed by atoms with Gasteiger partial charge in [0.2, 0.25) is 0 Å². The van der Waals surface area contributed by atoms with E-state index in [1.165, 1.54) is 0 Å². The first kappa shape index (κ1) is 15.7. The molecule has 2 N–H and O–H groups in total. The Bertz CT molecular complexity index is 441. The van der Waals surface area contributed by atoms with Crippen LogP contribution in [0.1, 0.15) is 25.7 Å². The maximum Gasteiger partial charge on any atom is 0.408 e. The molecule has 1 aliphatic rings. The van der Waals surface area contributed by atoms with Crippen molar-refractivity contribution in [2.75, 3.05) is 6.54 Å². The van der Waals surface area contributed by atoms with Gasteiger partial charge in [-0.1, -0.05) is 12.8 Å². The second-order valence-corrected chi connectivity index (χ2v) is 5.23. The summed E-state index contributed by atoms with van der Waals surface area (Å²) in [5, 5.41) is 8.45. The fourth-order valence-electron chi connectivity index (χ4n) is 2.67. The number of amides is 2. The van der Waals surface area contributed by atoms with Gasteiger partial charge in [-0.2, -0.15) is 18.3 Å². The van der Waals surface area contributed by atoms with Crippen LogP contribution in [0.5, 0.6) is 0 Å². The van der Waals surface area contributed by atoms with Crippen LogP contribution >= 0.6 is 0 Å². The Morgan fingerprint density at radius 3 is 2.67 bits per heavy atom. The summed E-state index contributed by atoms with van der Waals surface area (Å²) in [6.45, 7) is 0.642. The molecule has 1 fully saturated rings. The lowest BCUT2D eigenvalue weighted by Crippen LogP contribution is -2.53. The monoisotopic (exact) mass is 304 g/mol. The molecule has 1 aromatic rings. The zero-order valence-electron chi connectivity index (χ0n) is 11.6. The van der Waals surface area contributed by atoms with Crippen LogP contribution in [0.2, 0.25) is 0 Å². The van der Waals surface area contributed by atoms with Crippen molar-refractivity contribution in [3.05, 3.63) is 18.5 Å². The Morgan fingerprint density at radius 1 is 1.38 bits per heavy atom. The molecule has 1 atom stereocenters. The summed E-state index contributed by atoms with van der Waals surface area (Å²) in [6, 6.07) is -0.805. The van der Waals surface area contributed by atoms with Crippen LogP contribution in [-0.4, -0.2) is 34.6 Å². The third-order valence-corrected chi connectivity index (χ3v) is 3.70. The van der Waals surface area contributed by atoms with Gasteiger partial charge in [0.1, 0.15) is 6.04 Å². The lowest BCUT2D eigenvalue weighted by molar-refractivity contribution is -0.164. The van der Waals surface area contributed by atoms with Gasteiger partial charge in [-0.3, -0.25) is 4.68 Å². The highest BCUT2D eigenvalue weighted by atomic mass is 19.4. The molecule has 0 saturated heterocycles. The molecule has 5 nitrogen and oxygen atoms in total. The average molecular weight is 304 g/mol. The molecule has 0 aliphatic heterocycles. The number of rotatable bonds is 5. The number of hydrogen-bond acceptors (Lipinski definition) is 2. The Morgan fingerprint density at radius 2 is 2.10 bits per heavy atom. The first-order chi connectivity index (χ1) is 9.97. The lowest BCUT2D eigenvalue weighted by atomic mass is 9.98. The minimum absolute atomic E-state index is 0.225. The number of halogens is 3. The molecule has 0 spiro atoms. The SMILES string of the molecule is O=C(NCCn1cccn1)N[C@H](C1CCCC1)C(F)(F)F. The minimum atomic E-state index is -4.41. The number of alkyl halides is 3. The summed E-state index contributed by atoms with van der Waals surface area (Å²) in [5.41, 5.74) is 0. The van der Waals surface area contributed by atoms with Gasteiger partial charge < -0.3 is 10.6 Å². The van der Waals surface area contributed by atoms with Gasteiger partial charge in [0, 0.05) is 18.9 Å². The largest absolute Gasteiger partial charge is 0.408 e. The van der Waals surface area contributed by atoms with E-state index in [-0.39, 0.29) is 6.54 Å². The molecule has 0 bridgehead atoms. The fraction of sp³-hybridized carbons (Fsp3) is 0.692. The number of aromatic nitrogens is 2. The topological polar surface area (TPSA) is 59.0 Å². The molecule has 1 aromatic heterocycles. The Kier molecular flexibility index (Phi) is 5.08. The number of hydrogen-bond donors (Lipinski definition) is 2. The van der Waals surface area contributed by atoms with E-state index in [4.69, 9.17) is 0 Å². The average Bonchev–Trinajstić information content (AvgIpc) is 3.07. The van der Waals surface area contributed by atoms with Crippen molar-refractivity contribution in [3.8, 4) is 0 Å². The standard InChI is InChI=1S/C13H19F3N4O/c14-13(15,16)11(10-4-1-2-5-10)19-12(21)17-7-9-20-8-3-6-18-20/h3,6,8,10-11H,1-2,4-5,7,9H2,(H2,17,19,21)/t11-/m1/s1. The highest BCUT2D eigenvalue weighted by Gasteiger charge is 2.46. The lowest BCUT2D eigenvalue weighted by Gasteiger charge is -2.27. The first-order valence-electron chi connectivity index (χ1n) is 7.05. The van der Waals surface area contributed by atoms with Crippen molar-refractivity contribution >= 4 is 6.03 Å². The Hall–Kier alpha value is -1.73. The van der Waals surface area contributed by atoms with Crippen molar-refractivity contribution in [2.24, 2.45) is 5.92 Å². The quantitative estimate of drug-likeness (QED) is 0.877. The minimum Gasteiger partial charge on any atom is -0.336 e. The van der Waals surface area contributed by atoms with Gasteiger partial charge in [-0.25, -0.2) is 4.79 Å². The van der Waals surface area contributed by atoms with E-state index in [1.54, 1.807) is 23.1 Å². The Labute approximate surface area is 120 Å². The fourth-order valence-corrected chi connectivity index (χ4v) is 2.67. The third kappa shape index (κ3) is 4.64. The van der Waals surface area contributed by atoms with Gasteiger partial charge in [-0.05, 0) is 24.8 Å². The first-order valence-corrected chi connectivity index (χ1v) is 7.05. The number of carbonyl (C=O) groups is 1. The van der Waals surface area contributed by atoms with Crippen LogP contribution in [0.3, 0.4) is 0 Å². The maximum atomic E-state index is 13.0. The highest BCUT2D eigenvalue weighted by Crippen LogP contribution is 2.35. The summed E-state index contributed by atoms with van der Waals surface area (Å²) >= 11 is 0. The van der Waals surface area contributed by atoms with Crippen molar-refractivity contribution < 1.29 is 18.0 Å². The summed E-state index contributed by atoms with van der Waals surface area (Å²) in [4.78, 5) is 11.6. The van der Waals surface area contributed by atoms with Crippen molar-refractivity contribution in [1.29, 1.82) is 0 Å². The highest BCUT2D eigenvalue weighted by molar-refractivity contribution is 5.74. The normalized spacial score (nSPS) is 17.7. The summed E-state index contributed by atoms with van der Waals surface area (Å²) < 4.78 is 40.7. The van der Waals surface area contributed by atoms with E-state index in [0.29, 0.717) is 19.4 Å². The predicted molar refractivity (Wildman–Crippen MR) is 70.6 cm³/mol. The van der Waals surface area contributed by atoms with Gasteiger partial charge in [0.05, 0.1) is 6.54 Å². The van der Waals surface area contributed by atoms with Gasteiger partial charge >= 0.3 is 12.2 Å². The van der Waals surface area contributed by atoms with E-state index in [9.17, 15) is 18.0 Å². The van der Waals surface area contributed by atoms with Crippen molar-refractivity contribution in [3.63, 3.8) is 0 Å². The summed E-state index contributed by atoms with van der Waals surface area (Å²) in [6.07, 6.45) is 1.51. The van der Waals surface area contributed by atoms with E-state index >= 15 is 0 Å². The van der Waals surface area contributed by atoms with E-state index in [0.717, 1.165) is 12.8 Å². The third-order valence-electron chi connectivity index (χ3n) is 3.70. The summed E-state index contributed by atoms with van der Waals surface area (Å²) in [7, 11) is 0. The second-order valence-electron chi connectivity index (χ2n) is 5.23. The molecule has 2 rings (SSSR count). The van der Waals surface area contributed by atoms with Gasteiger partial charge in [0.15, 0.2) is 0 Å². The van der Waals surface area contributed by atoms with E-state index in [2.05, 4.69) is 15.7 Å². The van der Waals surface area contributed by atoms with Gasteiger partial charge in [-0.15, -0.1) is 0 Å². The molecular weight excluding hydrogens is 285 g/mol. The van der Waals surface area contributed by atoms with Crippen LogP contribution in [0.25, 0.3) is 0 Å². The maximum absolute atomic E-state index is 13.0. The molecule has 8 heteroatoms. The van der Waals surface area contributed by atoms with Crippen LogP contribution in [0.15, 0.2) is 18.5 Å². The molecule has 1 aliphatic carbocycles. The zero-order valence-corrected chi connectivity index (χ0v) is 11.6. The molecule has 1 saturated carbocycles. The molecule has 118 valence electrons. The number of nitrogens with one attached hydrogen (secondary N) is 2. The van der Waals surface area contributed by atoms with Gasteiger partial charge in [0.25, 0.3) is 0 Å². The van der Waals surface area contributed by atoms with Crippen molar-refractivity contribution in [1.82, 2.24) is 20.4 Å². The molecule has 0 radical (unpaired) electrons. The number of carbonyl (C=O) groups excluding carboxylic acids is 1. The molecule has 21 heavy (non-hydrogen) atoms. The molecular formula is C13H19F3N4O. The van der Waals surface area contributed by atoms with E-state index in [1.807, 2.05) is 0 Å². The number of nitrogens with zero attached hydrogens (tertiary/aromatic N) is 2. The zero-order chi connectivity index (χ0) is 15.3. The predicted octanol–water partition coefficient (Wildman–Crippen LogP) is 2.30. The van der Waals surface area contributed by atoms with Crippen LogP contribution in [0, 0.1) is 5.92 Å².